The van der Waals surface area contributed by atoms with E-state index in [0.29, 0.717) is 11.5 Å². The van der Waals surface area contributed by atoms with E-state index in [-0.39, 0.29) is 12.5 Å². The van der Waals surface area contributed by atoms with Gasteiger partial charge in [0.05, 0.1) is 29.1 Å². The van der Waals surface area contributed by atoms with Crippen LogP contribution in [0.2, 0.25) is 0 Å². The minimum atomic E-state index is -0.596. The van der Waals surface area contributed by atoms with Gasteiger partial charge in [-0.1, -0.05) is 25.1 Å². The fraction of sp³-hybridized carbons (Fsp3) is 0.304. The summed E-state index contributed by atoms with van der Waals surface area (Å²) < 4.78 is 5.51. The molecule has 1 amide bonds. The minimum absolute atomic E-state index is 0.165. The molecule has 144 valence electrons. The number of pyridine rings is 1. The summed E-state index contributed by atoms with van der Waals surface area (Å²) in [6, 6.07) is 11.5. The number of aromatic nitrogens is 1. The molecule has 5 nitrogen and oxygen atoms in total. The molecule has 2 aromatic heterocycles. The lowest BCUT2D eigenvalue weighted by Crippen LogP contribution is -2.32. The van der Waals surface area contributed by atoms with Crippen LogP contribution in [0.25, 0.3) is 22.6 Å². The van der Waals surface area contributed by atoms with Gasteiger partial charge in [-0.05, 0) is 61.1 Å². The van der Waals surface area contributed by atoms with E-state index in [0.717, 1.165) is 46.3 Å². The number of para-hydroxylation sites is 1. The van der Waals surface area contributed by atoms with Gasteiger partial charge in [0.15, 0.2) is 0 Å². The number of carbonyl (C=O) groups is 1. The highest BCUT2D eigenvalue weighted by molar-refractivity contribution is 6.09. The molecule has 0 saturated carbocycles. The van der Waals surface area contributed by atoms with E-state index in [2.05, 4.69) is 12.2 Å². The van der Waals surface area contributed by atoms with Gasteiger partial charge in [-0.25, -0.2) is 4.98 Å². The number of hydrogen-bond acceptors (Lipinski definition) is 4. The van der Waals surface area contributed by atoms with Crippen LogP contribution in [0.4, 0.5) is 0 Å². The Bertz CT molecular complexity index is 1040. The average Bonchev–Trinajstić information content (AvgIpc) is 3.17. The number of nitrogens with one attached hydrogen (secondary N) is 1. The van der Waals surface area contributed by atoms with Gasteiger partial charge in [0, 0.05) is 11.9 Å². The highest BCUT2D eigenvalue weighted by Gasteiger charge is 2.28. The van der Waals surface area contributed by atoms with Gasteiger partial charge >= 0.3 is 0 Å². The Morgan fingerprint density at radius 2 is 2.14 bits per heavy atom. The van der Waals surface area contributed by atoms with Crippen molar-refractivity contribution in [2.45, 2.75) is 32.8 Å². The number of hydrogen-bond donors (Lipinski definition) is 2. The van der Waals surface area contributed by atoms with Crippen LogP contribution in [-0.2, 0) is 6.42 Å². The number of allylic oxidation sites excluding steroid dienone is 1. The molecule has 0 saturated heterocycles. The Kier molecular flexibility index (Phi) is 5.01. The minimum Gasteiger partial charge on any atom is -0.465 e. The first-order chi connectivity index (χ1) is 13.5. The molecule has 5 heteroatoms. The van der Waals surface area contributed by atoms with Crippen molar-refractivity contribution in [2.75, 3.05) is 6.54 Å². The molecule has 2 heterocycles. The molecule has 1 aliphatic carbocycles. The molecule has 0 fully saturated rings. The van der Waals surface area contributed by atoms with Crippen LogP contribution in [0, 0.1) is 5.92 Å². The fourth-order valence-corrected chi connectivity index (χ4v) is 3.87. The van der Waals surface area contributed by atoms with Gasteiger partial charge in [0.2, 0.25) is 0 Å². The molecule has 1 aromatic carbocycles. The summed E-state index contributed by atoms with van der Waals surface area (Å²) in [5.41, 5.74) is 4.38. The Morgan fingerprint density at radius 1 is 1.32 bits per heavy atom. The third-order valence-corrected chi connectivity index (χ3v) is 5.06. The maximum Gasteiger partial charge on any atom is 0.252 e. The van der Waals surface area contributed by atoms with Crippen LogP contribution in [-0.4, -0.2) is 28.6 Å². The van der Waals surface area contributed by atoms with Crippen LogP contribution < -0.4 is 5.32 Å². The summed E-state index contributed by atoms with van der Waals surface area (Å²) in [6.45, 7) is 4.06. The van der Waals surface area contributed by atoms with Crippen LogP contribution in [0.15, 0.2) is 47.1 Å². The highest BCUT2D eigenvalue weighted by Crippen LogP contribution is 2.38. The third kappa shape index (κ3) is 3.58. The second kappa shape index (κ2) is 7.60. The maximum absolute atomic E-state index is 13.1. The Morgan fingerprint density at radius 3 is 2.89 bits per heavy atom. The zero-order valence-electron chi connectivity index (χ0n) is 16.1. The highest BCUT2D eigenvalue weighted by atomic mass is 16.3. The normalized spacial score (nSPS) is 18.8. The van der Waals surface area contributed by atoms with Crippen molar-refractivity contribution in [1.29, 1.82) is 0 Å². The van der Waals surface area contributed by atoms with E-state index < -0.39 is 6.10 Å². The SMILES string of the molecule is CC(O)CNC(=O)c1c2c(nc3ccccc13)/C(=C\c1ccco1)CC(C)C2. The first-order valence-electron chi connectivity index (χ1n) is 9.65. The van der Waals surface area contributed by atoms with Gasteiger partial charge in [-0.3, -0.25) is 4.79 Å². The average molecular weight is 376 g/mol. The lowest BCUT2D eigenvalue weighted by atomic mass is 9.80. The molecule has 0 aliphatic heterocycles. The molecule has 0 radical (unpaired) electrons. The predicted molar refractivity (Wildman–Crippen MR) is 110 cm³/mol. The molecular formula is C23H24N2O3. The van der Waals surface area contributed by atoms with Crippen molar-refractivity contribution in [3.8, 4) is 0 Å². The largest absolute Gasteiger partial charge is 0.465 e. The first-order valence-corrected chi connectivity index (χ1v) is 9.65. The first kappa shape index (κ1) is 18.4. The molecular weight excluding hydrogens is 352 g/mol. The van der Waals surface area contributed by atoms with Gasteiger partial charge in [0.25, 0.3) is 5.91 Å². The Balaban J connectivity index is 1.91. The summed E-state index contributed by atoms with van der Waals surface area (Å²) in [7, 11) is 0. The molecule has 2 unspecified atom stereocenters. The predicted octanol–water partition coefficient (Wildman–Crippen LogP) is 4.06. The number of furan rings is 1. The number of amides is 1. The lowest BCUT2D eigenvalue weighted by Gasteiger charge is -2.26. The van der Waals surface area contributed by atoms with Crippen LogP contribution in [0.1, 0.15) is 47.6 Å². The van der Waals surface area contributed by atoms with Crippen LogP contribution in [0.3, 0.4) is 0 Å². The van der Waals surface area contributed by atoms with Crippen molar-refractivity contribution in [1.82, 2.24) is 10.3 Å². The zero-order valence-corrected chi connectivity index (χ0v) is 16.1. The standard InChI is InChI=1S/C23H24N2O3/c1-14-10-16(12-17-6-5-9-28-17)22-19(11-14)21(23(27)24-13-15(2)26)18-7-3-4-8-20(18)25-22/h3-9,12,14-15,26H,10-11,13H2,1-2H3,(H,24,27)/b16-12-. The second-order valence-corrected chi connectivity index (χ2v) is 7.59. The zero-order chi connectivity index (χ0) is 19.7. The van der Waals surface area contributed by atoms with Gasteiger partial charge in [-0.15, -0.1) is 0 Å². The van der Waals surface area contributed by atoms with Crippen LogP contribution in [0.5, 0.6) is 0 Å². The van der Waals surface area contributed by atoms with Crippen molar-refractivity contribution in [3.05, 3.63) is 65.2 Å². The Labute approximate surface area is 164 Å². The second-order valence-electron chi connectivity index (χ2n) is 7.59. The van der Waals surface area contributed by atoms with E-state index in [1.807, 2.05) is 42.5 Å². The molecule has 3 aromatic rings. The number of carbonyl (C=O) groups excluding carboxylic acids is 1. The Hall–Kier alpha value is -2.92. The van der Waals surface area contributed by atoms with Crippen molar-refractivity contribution >= 4 is 28.5 Å². The van der Waals surface area contributed by atoms with E-state index in [1.165, 1.54) is 0 Å². The van der Waals surface area contributed by atoms with Crippen molar-refractivity contribution in [2.24, 2.45) is 5.92 Å². The number of fused-ring (bicyclic) bond motifs is 2. The molecule has 1 aliphatic rings. The van der Waals surface area contributed by atoms with E-state index >= 15 is 0 Å². The smallest absolute Gasteiger partial charge is 0.252 e. The van der Waals surface area contributed by atoms with Crippen molar-refractivity contribution in [3.63, 3.8) is 0 Å². The number of rotatable bonds is 4. The third-order valence-electron chi connectivity index (χ3n) is 5.06. The summed E-state index contributed by atoms with van der Waals surface area (Å²) >= 11 is 0. The van der Waals surface area contributed by atoms with Gasteiger partial charge < -0.3 is 14.8 Å². The monoisotopic (exact) mass is 376 g/mol. The summed E-state index contributed by atoms with van der Waals surface area (Å²) in [6.07, 6.45) is 4.76. The van der Waals surface area contributed by atoms with Gasteiger partial charge in [0.1, 0.15) is 5.76 Å². The molecule has 4 rings (SSSR count). The molecule has 0 spiro atoms. The number of aliphatic hydroxyl groups excluding tert-OH is 1. The summed E-state index contributed by atoms with van der Waals surface area (Å²) in [5, 5.41) is 13.3. The molecule has 0 bridgehead atoms. The van der Waals surface area contributed by atoms with E-state index in [4.69, 9.17) is 9.40 Å². The maximum atomic E-state index is 13.1. The number of benzene rings is 1. The molecule has 2 atom stereocenters. The fourth-order valence-electron chi connectivity index (χ4n) is 3.87. The number of nitrogens with zero attached hydrogens (tertiary/aromatic N) is 1. The lowest BCUT2D eigenvalue weighted by molar-refractivity contribution is 0.0924. The summed E-state index contributed by atoms with van der Waals surface area (Å²) in [4.78, 5) is 18.0. The summed E-state index contributed by atoms with van der Waals surface area (Å²) in [5.74, 6) is 1.01. The van der Waals surface area contributed by atoms with Crippen LogP contribution >= 0.6 is 0 Å². The molecule has 28 heavy (non-hydrogen) atoms. The van der Waals surface area contributed by atoms with E-state index in [1.54, 1.807) is 13.2 Å². The van der Waals surface area contributed by atoms with Gasteiger partial charge in [-0.2, -0.15) is 0 Å². The topological polar surface area (TPSA) is 75.4 Å². The quantitative estimate of drug-likeness (QED) is 0.720. The molecule has 2 N–H and O–H groups in total. The van der Waals surface area contributed by atoms with Crippen molar-refractivity contribution < 1.29 is 14.3 Å². The number of aliphatic hydroxyl groups is 1. The van der Waals surface area contributed by atoms with E-state index in [9.17, 15) is 9.90 Å².